The van der Waals surface area contributed by atoms with Crippen molar-refractivity contribution in [2.45, 2.75) is 171 Å². The molecule has 8 nitrogen and oxygen atoms in total. The molecule has 0 fully saturated rings. The molecule has 12 heteroatoms. The van der Waals surface area contributed by atoms with Crippen LogP contribution in [0.25, 0.3) is 66.8 Å². The predicted molar refractivity (Wildman–Crippen MR) is 509 cm³/mol. The summed E-state index contributed by atoms with van der Waals surface area (Å²) in [6.45, 7) is 26.9. The van der Waals surface area contributed by atoms with Crippen molar-refractivity contribution in [3.8, 4) is 66.8 Å². The molecule has 0 unspecified atom stereocenters. The smallest absolute Gasteiger partial charge is 0.207 e. The molecule has 10 aliphatic rings. The van der Waals surface area contributed by atoms with Crippen molar-refractivity contribution in [2.75, 3.05) is 0 Å². The van der Waals surface area contributed by atoms with Crippen LogP contribution >= 0.6 is 0 Å². The number of rotatable bonds is 0. The fourth-order valence-electron chi connectivity index (χ4n) is 25.8. The van der Waals surface area contributed by atoms with Gasteiger partial charge in [0, 0.05) is 0 Å². The number of benzene rings is 16. The molecule has 0 aromatic heterocycles. The van der Waals surface area contributed by atoms with Gasteiger partial charge in [-0.1, -0.05) is 301 Å². The molecule has 0 saturated carbocycles. The van der Waals surface area contributed by atoms with Gasteiger partial charge in [0.2, 0.25) is 39.3 Å². The summed E-state index contributed by atoms with van der Waals surface area (Å²) in [6, 6.07) is 108. The third kappa shape index (κ3) is 8.93. The molecule has 0 atom stereocenters. The lowest BCUT2D eigenvalue weighted by atomic mass is 9.65. The van der Waals surface area contributed by atoms with Gasteiger partial charge in [-0.3, -0.25) is 0 Å². The van der Waals surface area contributed by atoms with Crippen molar-refractivity contribution in [2.24, 2.45) is 0 Å². The van der Waals surface area contributed by atoms with Gasteiger partial charge >= 0.3 is 0 Å². The fraction of sp³-hybridized carbons (Fsp3) is 0.179. The highest BCUT2D eigenvalue weighted by Gasteiger charge is 2.64. The highest BCUT2D eigenvalue weighted by molar-refractivity contribution is 7.92. The second-order valence-corrected chi connectivity index (χ2v) is 49.1. The van der Waals surface area contributed by atoms with Gasteiger partial charge in [0.15, 0.2) is 0 Å². The molecule has 0 radical (unpaired) electrons. The van der Waals surface area contributed by atoms with Crippen molar-refractivity contribution in [1.82, 2.24) is 0 Å². The molecule has 4 aliphatic heterocycles. The summed E-state index contributed by atoms with van der Waals surface area (Å²) in [5, 5.41) is 0. The van der Waals surface area contributed by atoms with E-state index in [9.17, 15) is 0 Å². The molecule has 16 aromatic rings. The minimum Gasteiger partial charge on any atom is -0.218 e. The van der Waals surface area contributed by atoms with E-state index < -0.39 is 66.4 Å². The largest absolute Gasteiger partial charge is 0.218 e. The second kappa shape index (κ2) is 24.2. The van der Waals surface area contributed by atoms with Crippen LogP contribution in [0, 0.1) is 0 Å². The lowest BCUT2D eigenvalue weighted by molar-refractivity contribution is 0.578. The average Bonchev–Trinajstić information content (AvgIpc) is 1.47. The molecule has 26 rings (SSSR count). The van der Waals surface area contributed by atoms with E-state index in [2.05, 4.69) is 204 Å². The molecule has 5 spiro atoms. The molecule has 0 amide bonds. The zero-order chi connectivity index (χ0) is 88.7. The topological polar surface area (TPSA) is 137 Å². The Morgan fingerprint density at radius 1 is 0.147 bits per heavy atom. The van der Waals surface area contributed by atoms with Gasteiger partial charge in [-0.2, -0.15) is 0 Å². The van der Waals surface area contributed by atoms with Crippen LogP contribution in [0.2, 0.25) is 0 Å². The zero-order valence-corrected chi connectivity index (χ0v) is 76.7. The second-order valence-electron chi connectivity index (χ2n) is 41.5. The summed E-state index contributed by atoms with van der Waals surface area (Å²) in [4.78, 5) is 1.89. The molecule has 0 bridgehead atoms. The molecule has 628 valence electrons. The highest BCUT2D eigenvalue weighted by atomic mass is 32.2. The van der Waals surface area contributed by atoms with Gasteiger partial charge in [0.05, 0.1) is 66.2 Å². The lowest BCUT2D eigenvalue weighted by Gasteiger charge is -2.40. The van der Waals surface area contributed by atoms with Gasteiger partial charge in [0.1, 0.15) is 0 Å². The molecule has 0 N–H and O–H groups in total. The van der Waals surface area contributed by atoms with Crippen molar-refractivity contribution < 1.29 is 33.7 Å². The van der Waals surface area contributed by atoms with Gasteiger partial charge in [0.25, 0.3) is 0 Å². The Balaban J connectivity index is 0.904. The van der Waals surface area contributed by atoms with E-state index in [-0.39, 0.29) is 60.8 Å². The van der Waals surface area contributed by atoms with Crippen molar-refractivity contribution in [3.05, 3.63) is 449 Å². The first kappa shape index (κ1) is 77.5. The lowest BCUT2D eigenvalue weighted by Crippen LogP contribution is -2.36. The highest BCUT2D eigenvalue weighted by Crippen LogP contribution is 2.75. The van der Waals surface area contributed by atoms with E-state index in [4.69, 9.17) is 0 Å². The Bertz CT molecular complexity index is 7350. The van der Waals surface area contributed by atoms with E-state index >= 15 is 33.7 Å². The van der Waals surface area contributed by atoms with Crippen LogP contribution in [-0.2, 0) is 88.1 Å². The van der Waals surface area contributed by atoms with Gasteiger partial charge in [-0.25, -0.2) is 33.7 Å². The normalized spacial score (nSPS) is 18.0. The first-order valence-corrected chi connectivity index (χ1v) is 50.6. The number of fused-ring (bicyclic) bond motifs is 46. The maximum absolute atomic E-state index is 15.9. The molecule has 4 heterocycles. The monoisotopic (exact) mass is 1750 g/mol. The van der Waals surface area contributed by atoms with Crippen LogP contribution in [0.4, 0.5) is 0 Å². The third-order valence-corrected chi connectivity index (χ3v) is 38.9. The number of hydrogen-bond donors (Lipinski definition) is 0. The standard InChI is InChI=1S/C117H88O8S4/c1-109(2,3)65-45-49-81-69(53-65)73-57-97-77(61-93(73)113(81)85-29-13-21-37-101(85)126(118,119)102-38-22-14-30-86(102)113)78-62-94-74(70-54-66(110(4,5)6)46-50-82(70)114(94)87-31-15-23-39-103(87)127(120,121)104-40-24-16-32-88(104)114)58-98(78)117(97)99-59-75-71-55-67(111(7,8)9)47-51-83(71)115(89-33-17-25-41-105(89)128(122,123)106-42-26-18-34-90(106)115)95(75)63-79(99)80-64-96-76(60-100(80)117)72-56-68(112(10,11)12)48-52-84(72)116(96)91-35-19-27-43-107(91)129(124,125)108-44-28-20-36-92(108)116/h13-64H,1-12H3. The van der Waals surface area contributed by atoms with Crippen LogP contribution in [0.3, 0.4) is 0 Å². The van der Waals surface area contributed by atoms with Gasteiger partial charge in [-0.15, -0.1) is 0 Å². The Morgan fingerprint density at radius 3 is 0.411 bits per heavy atom. The van der Waals surface area contributed by atoms with E-state index in [1.807, 2.05) is 146 Å². The minimum absolute atomic E-state index is 0.236. The first-order valence-electron chi connectivity index (χ1n) is 44.7. The Labute approximate surface area is 753 Å². The van der Waals surface area contributed by atoms with E-state index in [0.717, 1.165) is 156 Å². The van der Waals surface area contributed by atoms with Crippen LogP contribution in [0.5, 0.6) is 0 Å². The van der Waals surface area contributed by atoms with Crippen LogP contribution in [-0.4, -0.2) is 33.7 Å². The maximum Gasteiger partial charge on any atom is 0.207 e. The van der Waals surface area contributed by atoms with Crippen LogP contribution in [0.1, 0.15) is 217 Å². The van der Waals surface area contributed by atoms with Crippen LogP contribution in [0.15, 0.2) is 355 Å². The molecule has 16 aromatic carbocycles. The average molecular weight is 1750 g/mol. The summed E-state index contributed by atoms with van der Waals surface area (Å²) >= 11 is 0. The summed E-state index contributed by atoms with van der Waals surface area (Å²) in [7, 11) is -16.6. The minimum atomic E-state index is -4.14. The van der Waals surface area contributed by atoms with E-state index in [1.165, 1.54) is 0 Å². The quantitative estimate of drug-likeness (QED) is 0.146. The fourth-order valence-corrected chi connectivity index (χ4v) is 32.9. The van der Waals surface area contributed by atoms with Crippen molar-refractivity contribution in [1.29, 1.82) is 0 Å². The predicted octanol–water partition coefficient (Wildman–Crippen LogP) is 25.3. The Morgan fingerprint density at radius 2 is 0.271 bits per heavy atom. The third-order valence-electron chi connectivity index (χ3n) is 31.4. The van der Waals surface area contributed by atoms with E-state index in [0.29, 0.717) is 44.5 Å². The molecular weight excluding hydrogens is 1660 g/mol. The van der Waals surface area contributed by atoms with Crippen LogP contribution < -0.4 is 0 Å². The Hall–Kier alpha value is -12.7. The molecule has 0 saturated heterocycles. The summed E-state index contributed by atoms with van der Waals surface area (Å²) in [6.07, 6.45) is 0. The summed E-state index contributed by atoms with van der Waals surface area (Å²) in [5.41, 5.74) is 24.5. The SMILES string of the molecule is CC(C)(C)c1ccc2c(c1)-c1cc3c(cc1C21c2ccccc2S(=O)(=O)c2ccccc21)-c1cc2c(cc1C31c3cc4c(cc3-c3cc5c(cc31)-c1cc(C(C)(C)C)ccc1C51c3ccccc3S(=O)(=O)c3ccccc31)C1(c3ccc(C(C)(C)C)cc3-4)c3ccccc3S(=O)(=O)c3ccccc31)-c1cc(C(C)(C)C)ccc1C21c2ccccc2S(=O)(=O)c2ccccc21. The van der Waals surface area contributed by atoms with Crippen molar-refractivity contribution in [3.63, 3.8) is 0 Å². The zero-order valence-electron chi connectivity index (χ0n) is 73.4. The first-order chi connectivity index (χ1) is 61.5. The number of hydrogen-bond acceptors (Lipinski definition) is 8. The summed E-state index contributed by atoms with van der Waals surface area (Å²) < 4.78 is 127. The van der Waals surface area contributed by atoms with Gasteiger partial charge in [-0.05, 0) is 319 Å². The molecular formula is C117H88O8S4. The number of sulfone groups is 4. The Kier molecular flexibility index (Phi) is 14.6. The maximum atomic E-state index is 15.9. The summed E-state index contributed by atoms with van der Waals surface area (Å²) in [5.74, 6) is 0. The van der Waals surface area contributed by atoms with Gasteiger partial charge < -0.3 is 0 Å². The molecule has 129 heavy (non-hydrogen) atoms. The van der Waals surface area contributed by atoms with E-state index in [1.54, 1.807) is 48.5 Å². The molecule has 6 aliphatic carbocycles. The van der Waals surface area contributed by atoms with Crippen molar-refractivity contribution >= 4 is 39.3 Å².